The van der Waals surface area contributed by atoms with E-state index in [0.29, 0.717) is 0 Å². The van der Waals surface area contributed by atoms with E-state index >= 15 is 0 Å². The summed E-state index contributed by atoms with van der Waals surface area (Å²) in [6.07, 6.45) is -5.84. The Balaban J connectivity index is 3.35. The van der Waals surface area contributed by atoms with Crippen molar-refractivity contribution in [2.24, 2.45) is 5.73 Å². The molecule has 0 fully saturated rings. The molecule has 0 saturated carbocycles. The lowest BCUT2D eigenvalue weighted by Gasteiger charge is -2.15. The van der Waals surface area contributed by atoms with Crippen LogP contribution in [0.1, 0.15) is 42.5 Å². The number of hydrogen-bond donors (Lipinski definition) is 1. The summed E-state index contributed by atoms with van der Waals surface area (Å²) in [7, 11) is 0. The summed E-state index contributed by atoms with van der Waals surface area (Å²) < 4.78 is 50.2. The Morgan fingerprint density at radius 3 is 1.93 bits per heavy atom. The molecule has 0 aliphatic heterocycles. The molecule has 0 heterocycles. The first-order chi connectivity index (χ1) is 6.95. The van der Waals surface area contributed by atoms with Crippen LogP contribution in [0.4, 0.5) is 17.6 Å². The highest BCUT2D eigenvalue weighted by atomic mass is 19.3. The molecule has 0 aliphatic carbocycles. The minimum Gasteiger partial charge on any atom is -0.324 e. The van der Waals surface area contributed by atoms with Gasteiger partial charge in [0.2, 0.25) is 0 Å². The van der Waals surface area contributed by atoms with E-state index in [0.717, 1.165) is 6.07 Å². The second-order valence-electron chi connectivity index (χ2n) is 3.24. The fourth-order valence-corrected chi connectivity index (χ4v) is 1.44. The van der Waals surface area contributed by atoms with Crippen molar-refractivity contribution in [1.29, 1.82) is 0 Å². The standard InChI is InChI=1S/C10H11F4N/c1-5(15)6-3-2-4-7(9(11)12)8(6)10(13)14/h2-5,9-10H,15H2,1H3/t5-/m1/s1. The molecule has 84 valence electrons. The van der Waals surface area contributed by atoms with Gasteiger partial charge in [0.25, 0.3) is 12.9 Å². The maximum atomic E-state index is 12.6. The average Bonchev–Trinajstić information content (AvgIpc) is 2.16. The molecule has 15 heavy (non-hydrogen) atoms. The van der Waals surface area contributed by atoms with Crippen molar-refractivity contribution in [3.05, 3.63) is 34.9 Å². The smallest absolute Gasteiger partial charge is 0.264 e. The Labute approximate surface area is 84.9 Å². The van der Waals surface area contributed by atoms with Crippen LogP contribution >= 0.6 is 0 Å². The highest BCUT2D eigenvalue weighted by molar-refractivity contribution is 5.38. The highest BCUT2D eigenvalue weighted by Gasteiger charge is 2.23. The molecule has 0 bridgehead atoms. The molecule has 0 saturated heterocycles. The van der Waals surface area contributed by atoms with Gasteiger partial charge in [-0.3, -0.25) is 0 Å². The molecule has 0 aromatic heterocycles. The fourth-order valence-electron chi connectivity index (χ4n) is 1.44. The van der Waals surface area contributed by atoms with Crippen molar-refractivity contribution in [2.75, 3.05) is 0 Å². The number of halogens is 4. The first kappa shape index (κ1) is 12.0. The Kier molecular flexibility index (Phi) is 3.68. The van der Waals surface area contributed by atoms with Crippen molar-refractivity contribution in [3.8, 4) is 0 Å². The van der Waals surface area contributed by atoms with Gasteiger partial charge in [-0.1, -0.05) is 18.2 Å². The molecule has 1 nitrogen and oxygen atoms in total. The summed E-state index contributed by atoms with van der Waals surface area (Å²) >= 11 is 0. The number of rotatable bonds is 3. The van der Waals surface area contributed by atoms with Crippen molar-refractivity contribution in [3.63, 3.8) is 0 Å². The van der Waals surface area contributed by atoms with Gasteiger partial charge in [0, 0.05) is 17.2 Å². The van der Waals surface area contributed by atoms with E-state index in [9.17, 15) is 17.6 Å². The monoisotopic (exact) mass is 221 g/mol. The normalized spacial score (nSPS) is 13.6. The Hall–Kier alpha value is -1.10. The fraction of sp³-hybridized carbons (Fsp3) is 0.400. The lowest BCUT2D eigenvalue weighted by Crippen LogP contribution is -2.11. The summed E-state index contributed by atoms with van der Waals surface area (Å²) in [5.41, 5.74) is 4.24. The molecule has 1 rings (SSSR count). The third-order valence-corrected chi connectivity index (χ3v) is 2.12. The number of benzene rings is 1. The van der Waals surface area contributed by atoms with Crippen molar-refractivity contribution >= 4 is 0 Å². The number of alkyl halides is 4. The summed E-state index contributed by atoms with van der Waals surface area (Å²) in [5.74, 6) is 0. The maximum absolute atomic E-state index is 12.6. The van der Waals surface area contributed by atoms with Crippen LogP contribution in [0.2, 0.25) is 0 Å². The van der Waals surface area contributed by atoms with Gasteiger partial charge in [0.05, 0.1) is 0 Å². The van der Waals surface area contributed by atoms with Gasteiger partial charge >= 0.3 is 0 Å². The summed E-state index contributed by atoms with van der Waals surface area (Å²) in [6, 6.07) is 2.97. The molecule has 1 atom stereocenters. The van der Waals surface area contributed by atoms with Gasteiger partial charge < -0.3 is 5.73 Å². The summed E-state index contributed by atoms with van der Waals surface area (Å²) in [6.45, 7) is 1.48. The molecule has 1 aromatic rings. The molecular formula is C10H11F4N. The van der Waals surface area contributed by atoms with Crippen LogP contribution < -0.4 is 5.73 Å². The molecule has 5 heteroatoms. The lowest BCUT2D eigenvalue weighted by molar-refractivity contribution is 0.123. The Morgan fingerprint density at radius 2 is 1.53 bits per heavy atom. The van der Waals surface area contributed by atoms with Crippen molar-refractivity contribution < 1.29 is 17.6 Å². The molecule has 0 spiro atoms. The molecule has 0 amide bonds. The second-order valence-corrected chi connectivity index (χ2v) is 3.24. The van der Waals surface area contributed by atoms with Gasteiger partial charge in [-0.2, -0.15) is 0 Å². The first-order valence-corrected chi connectivity index (χ1v) is 4.39. The van der Waals surface area contributed by atoms with Crippen LogP contribution in [0.15, 0.2) is 18.2 Å². The van der Waals surface area contributed by atoms with Crippen molar-refractivity contribution in [1.82, 2.24) is 0 Å². The van der Waals surface area contributed by atoms with E-state index in [2.05, 4.69) is 0 Å². The van der Waals surface area contributed by atoms with E-state index in [1.807, 2.05) is 0 Å². The van der Waals surface area contributed by atoms with Gasteiger partial charge in [-0.15, -0.1) is 0 Å². The second kappa shape index (κ2) is 4.61. The highest BCUT2D eigenvalue weighted by Crippen LogP contribution is 2.34. The van der Waals surface area contributed by atoms with Crippen LogP contribution in [0.3, 0.4) is 0 Å². The largest absolute Gasteiger partial charge is 0.324 e. The average molecular weight is 221 g/mol. The number of nitrogens with two attached hydrogens (primary N) is 1. The van der Waals surface area contributed by atoms with E-state index < -0.39 is 30.0 Å². The maximum Gasteiger partial charge on any atom is 0.264 e. The van der Waals surface area contributed by atoms with E-state index in [1.165, 1.54) is 19.1 Å². The molecule has 0 radical (unpaired) electrons. The van der Waals surface area contributed by atoms with E-state index in [-0.39, 0.29) is 5.56 Å². The SMILES string of the molecule is C[C@@H](N)c1cccc(C(F)F)c1C(F)F. The Morgan fingerprint density at radius 1 is 1.00 bits per heavy atom. The van der Waals surface area contributed by atoms with Crippen LogP contribution in [0, 0.1) is 0 Å². The topological polar surface area (TPSA) is 26.0 Å². The Bertz CT molecular complexity index is 310. The van der Waals surface area contributed by atoms with Crippen LogP contribution in [0.25, 0.3) is 0 Å². The molecule has 2 N–H and O–H groups in total. The minimum absolute atomic E-state index is 0.0720. The van der Waals surface area contributed by atoms with Crippen molar-refractivity contribution in [2.45, 2.75) is 25.8 Å². The first-order valence-electron chi connectivity index (χ1n) is 4.39. The van der Waals surface area contributed by atoms with Gasteiger partial charge in [-0.25, -0.2) is 17.6 Å². The lowest BCUT2D eigenvalue weighted by atomic mass is 9.97. The van der Waals surface area contributed by atoms with Crippen LogP contribution in [0.5, 0.6) is 0 Å². The van der Waals surface area contributed by atoms with Crippen LogP contribution in [-0.4, -0.2) is 0 Å². The quantitative estimate of drug-likeness (QED) is 0.775. The molecule has 1 aromatic carbocycles. The molecular weight excluding hydrogens is 210 g/mol. The predicted molar refractivity (Wildman–Crippen MR) is 49.0 cm³/mol. The zero-order valence-electron chi connectivity index (χ0n) is 8.05. The van der Waals surface area contributed by atoms with E-state index in [1.54, 1.807) is 0 Å². The van der Waals surface area contributed by atoms with Crippen LogP contribution in [-0.2, 0) is 0 Å². The summed E-state index contributed by atoms with van der Waals surface area (Å²) in [5, 5.41) is 0. The molecule has 0 aliphatic rings. The number of hydrogen-bond acceptors (Lipinski definition) is 1. The zero-order valence-corrected chi connectivity index (χ0v) is 8.05. The minimum atomic E-state index is -2.93. The molecule has 0 unspecified atom stereocenters. The zero-order chi connectivity index (χ0) is 11.6. The van der Waals surface area contributed by atoms with Gasteiger partial charge in [0.15, 0.2) is 0 Å². The van der Waals surface area contributed by atoms with E-state index in [4.69, 9.17) is 5.73 Å². The summed E-state index contributed by atoms with van der Waals surface area (Å²) in [4.78, 5) is 0. The van der Waals surface area contributed by atoms with Gasteiger partial charge in [-0.05, 0) is 12.5 Å². The third kappa shape index (κ3) is 2.47. The van der Waals surface area contributed by atoms with Gasteiger partial charge in [0.1, 0.15) is 0 Å². The predicted octanol–water partition coefficient (Wildman–Crippen LogP) is 3.58. The third-order valence-electron chi connectivity index (χ3n) is 2.12.